The van der Waals surface area contributed by atoms with Crippen LogP contribution in [0.2, 0.25) is 0 Å². The zero-order valence-electron chi connectivity index (χ0n) is 8.98. The van der Waals surface area contributed by atoms with Crippen LogP contribution in [-0.2, 0) is 11.3 Å². The van der Waals surface area contributed by atoms with Crippen LogP contribution in [0.4, 0.5) is 0 Å². The Kier molecular flexibility index (Phi) is 2.36. The van der Waals surface area contributed by atoms with Crippen molar-refractivity contribution in [3.63, 3.8) is 0 Å². The summed E-state index contributed by atoms with van der Waals surface area (Å²) >= 11 is 0. The SMILES string of the molecule is COc1c(O)ccc2c1C(=O)C(C)(O)OC2. The summed E-state index contributed by atoms with van der Waals surface area (Å²) in [6.07, 6.45) is 0. The van der Waals surface area contributed by atoms with Gasteiger partial charge in [0, 0.05) is 0 Å². The van der Waals surface area contributed by atoms with Crippen molar-refractivity contribution < 1.29 is 24.5 Å². The van der Waals surface area contributed by atoms with Crippen molar-refractivity contribution in [3.8, 4) is 11.5 Å². The first-order chi connectivity index (χ1) is 7.47. The van der Waals surface area contributed by atoms with Gasteiger partial charge >= 0.3 is 0 Å². The third-order valence-electron chi connectivity index (χ3n) is 2.58. The second-order valence-electron chi connectivity index (χ2n) is 3.75. The van der Waals surface area contributed by atoms with E-state index in [2.05, 4.69) is 0 Å². The lowest BCUT2D eigenvalue weighted by Crippen LogP contribution is -2.42. The van der Waals surface area contributed by atoms with Crippen LogP contribution < -0.4 is 4.74 Å². The number of rotatable bonds is 1. The maximum absolute atomic E-state index is 11.9. The van der Waals surface area contributed by atoms with Crippen molar-refractivity contribution in [2.45, 2.75) is 19.3 Å². The molecule has 0 aliphatic carbocycles. The number of phenolic OH excluding ortho intramolecular Hbond substituents is 1. The molecule has 5 heteroatoms. The largest absolute Gasteiger partial charge is 0.504 e. The maximum atomic E-state index is 11.9. The number of phenols is 1. The summed E-state index contributed by atoms with van der Waals surface area (Å²) in [6.45, 7) is 1.37. The number of carbonyl (C=O) groups is 1. The van der Waals surface area contributed by atoms with Gasteiger partial charge in [-0.05, 0) is 18.6 Å². The van der Waals surface area contributed by atoms with Crippen LogP contribution in [0.1, 0.15) is 22.8 Å². The molecule has 0 radical (unpaired) electrons. The Bertz CT molecular complexity index is 450. The third kappa shape index (κ3) is 1.45. The second kappa shape index (κ2) is 3.47. The Morgan fingerprint density at radius 2 is 2.19 bits per heavy atom. The number of hydrogen-bond acceptors (Lipinski definition) is 5. The van der Waals surface area contributed by atoms with E-state index in [0.717, 1.165) is 0 Å². The molecule has 16 heavy (non-hydrogen) atoms. The van der Waals surface area contributed by atoms with Gasteiger partial charge in [0.1, 0.15) is 0 Å². The highest BCUT2D eigenvalue weighted by Crippen LogP contribution is 2.38. The Labute approximate surface area is 92.2 Å². The van der Waals surface area contributed by atoms with Crippen molar-refractivity contribution in [1.82, 2.24) is 0 Å². The molecule has 5 nitrogen and oxygen atoms in total. The van der Waals surface area contributed by atoms with E-state index in [-0.39, 0.29) is 23.7 Å². The highest BCUT2D eigenvalue weighted by molar-refractivity contribution is 6.05. The van der Waals surface area contributed by atoms with Gasteiger partial charge in [0.2, 0.25) is 11.6 Å². The van der Waals surface area contributed by atoms with E-state index in [1.807, 2.05) is 0 Å². The average Bonchev–Trinajstić information content (AvgIpc) is 2.24. The maximum Gasteiger partial charge on any atom is 0.228 e. The second-order valence-corrected chi connectivity index (χ2v) is 3.75. The van der Waals surface area contributed by atoms with E-state index in [1.165, 1.54) is 20.1 Å². The van der Waals surface area contributed by atoms with Gasteiger partial charge in [-0.1, -0.05) is 6.07 Å². The summed E-state index contributed by atoms with van der Waals surface area (Å²) < 4.78 is 9.98. The third-order valence-corrected chi connectivity index (χ3v) is 2.58. The van der Waals surface area contributed by atoms with Gasteiger partial charge in [0.05, 0.1) is 19.3 Å². The molecule has 1 unspecified atom stereocenters. The molecule has 0 spiro atoms. The Balaban J connectivity index is 2.65. The number of methoxy groups -OCH3 is 1. The predicted octanol–water partition coefficient (Wildman–Crippen LogP) is 0.822. The van der Waals surface area contributed by atoms with Crippen LogP contribution in [0.5, 0.6) is 11.5 Å². The Morgan fingerprint density at radius 1 is 1.50 bits per heavy atom. The number of aromatic hydroxyl groups is 1. The first-order valence-corrected chi connectivity index (χ1v) is 4.77. The zero-order chi connectivity index (χ0) is 11.9. The number of aliphatic hydroxyl groups is 1. The molecule has 1 aliphatic heterocycles. The zero-order valence-corrected chi connectivity index (χ0v) is 8.98. The Morgan fingerprint density at radius 3 is 2.81 bits per heavy atom. The van der Waals surface area contributed by atoms with Gasteiger partial charge in [-0.25, -0.2) is 0 Å². The number of carbonyl (C=O) groups excluding carboxylic acids is 1. The number of ether oxygens (including phenoxy) is 2. The minimum atomic E-state index is -1.87. The van der Waals surface area contributed by atoms with Gasteiger partial charge in [-0.3, -0.25) is 4.79 Å². The number of benzene rings is 1. The molecule has 1 aromatic rings. The van der Waals surface area contributed by atoms with Gasteiger partial charge in [-0.15, -0.1) is 0 Å². The molecule has 0 aromatic heterocycles. The van der Waals surface area contributed by atoms with E-state index < -0.39 is 11.6 Å². The van der Waals surface area contributed by atoms with Crippen LogP contribution in [0.15, 0.2) is 12.1 Å². The molecule has 0 bridgehead atoms. The molecule has 0 saturated carbocycles. The average molecular weight is 224 g/mol. The van der Waals surface area contributed by atoms with E-state index in [9.17, 15) is 15.0 Å². The van der Waals surface area contributed by atoms with Gasteiger partial charge < -0.3 is 19.7 Å². The van der Waals surface area contributed by atoms with E-state index in [1.54, 1.807) is 6.07 Å². The summed E-state index contributed by atoms with van der Waals surface area (Å²) in [4.78, 5) is 11.9. The van der Waals surface area contributed by atoms with Crippen LogP contribution in [0, 0.1) is 0 Å². The van der Waals surface area contributed by atoms with Crippen LogP contribution in [0.3, 0.4) is 0 Å². The quantitative estimate of drug-likeness (QED) is 0.738. The monoisotopic (exact) mass is 224 g/mol. The fourth-order valence-electron chi connectivity index (χ4n) is 1.70. The van der Waals surface area contributed by atoms with Gasteiger partial charge in [-0.2, -0.15) is 0 Å². The first kappa shape index (κ1) is 10.9. The van der Waals surface area contributed by atoms with E-state index >= 15 is 0 Å². The summed E-state index contributed by atoms with van der Waals surface area (Å²) in [7, 11) is 1.35. The van der Waals surface area contributed by atoms with Crippen LogP contribution >= 0.6 is 0 Å². The molecule has 86 valence electrons. The molecule has 1 heterocycles. The van der Waals surface area contributed by atoms with Crippen molar-refractivity contribution in [2.24, 2.45) is 0 Å². The summed E-state index contributed by atoms with van der Waals surface area (Å²) in [5.41, 5.74) is 0.768. The predicted molar refractivity (Wildman–Crippen MR) is 54.4 cm³/mol. The fourth-order valence-corrected chi connectivity index (χ4v) is 1.70. The van der Waals surface area contributed by atoms with E-state index in [4.69, 9.17) is 9.47 Å². The Hall–Kier alpha value is -1.59. The highest BCUT2D eigenvalue weighted by Gasteiger charge is 2.40. The highest BCUT2D eigenvalue weighted by atomic mass is 16.6. The molecule has 0 amide bonds. The fraction of sp³-hybridized carbons (Fsp3) is 0.364. The lowest BCUT2D eigenvalue weighted by Gasteiger charge is -2.29. The van der Waals surface area contributed by atoms with Crippen LogP contribution in [-0.4, -0.2) is 28.9 Å². The topological polar surface area (TPSA) is 76.0 Å². The van der Waals surface area contributed by atoms with Crippen molar-refractivity contribution in [3.05, 3.63) is 23.3 Å². The number of ketones is 1. The minimum absolute atomic E-state index is 0.0751. The lowest BCUT2D eigenvalue weighted by atomic mass is 9.95. The number of fused-ring (bicyclic) bond motifs is 1. The molecule has 0 saturated heterocycles. The number of hydrogen-bond donors (Lipinski definition) is 2. The summed E-state index contributed by atoms with van der Waals surface area (Å²) in [5.74, 6) is -2.53. The molecule has 2 rings (SSSR count). The van der Waals surface area contributed by atoms with Crippen molar-refractivity contribution >= 4 is 5.78 Å². The number of Topliss-reactive ketones (excluding diaryl/α,β-unsaturated/α-hetero) is 1. The molecule has 1 atom stereocenters. The lowest BCUT2D eigenvalue weighted by molar-refractivity contribution is -0.165. The molecule has 1 aliphatic rings. The van der Waals surface area contributed by atoms with Gasteiger partial charge in [0.15, 0.2) is 11.5 Å². The molecular weight excluding hydrogens is 212 g/mol. The van der Waals surface area contributed by atoms with Crippen molar-refractivity contribution in [1.29, 1.82) is 0 Å². The molecular formula is C11H12O5. The standard InChI is InChI=1S/C11H12O5/c1-11(14)10(13)8-6(5-16-11)3-4-7(12)9(8)15-2/h3-4,12,14H,5H2,1-2H3. The molecule has 1 aromatic carbocycles. The smallest absolute Gasteiger partial charge is 0.228 e. The summed E-state index contributed by atoms with van der Waals surface area (Å²) in [5, 5.41) is 19.2. The van der Waals surface area contributed by atoms with E-state index in [0.29, 0.717) is 5.56 Å². The van der Waals surface area contributed by atoms with Crippen molar-refractivity contribution in [2.75, 3.05) is 7.11 Å². The normalized spacial score (nSPS) is 24.1. The summed E-state index contributed by atoms with van der Waals surface area (Å²) in [6, 6.07) is 2.99. The minimum Gasteiger partial charge on any atom is -0.504 e. The molecule has 2 N–H and O–H groups in total. The van der Waals surface area contributed by atoms with Gasteiger partial charge in [0.25, 0.3) is 0 Å². The molecule has 0 fully saturated rings. The van der Waals surface area contributed by atoms with Crippen LogP contribution in [0.25, 0.3) is 0 Å². The first-order valence-electron chi connectivity index (χ1n) is 4.77.